The number of hydrogen-bond acceptors (Lipinski definition) is 2. The van der Waals surface area contributed by atoms with Crippen LogP contribution < -0.4 is 5.32 Å². The van der Waals surface area contributed by atoms with Gasteiger partial charge in [-0.3, -0.25) is 4.79 Å². The molecule has 1 N–H and O–H groups in total. The normalized spacial score (nSPS) is 11.2. The van der Waals surface area contributed by atoms with E-state index in [-0.39, 0.29) is 11.3 Å². The van der Waals surface area contributed by atoms with Crippen LogP contribution in [0.2, 0.25) is 5.15 Å². The highest BCUT2D eigenvalue weighted by Gasteiger charge is 2.21. The lowest BCUT2D eigenvalue weighted by molar-refractivity contribution is 0.102. The molecule has 3 nitrogen and oxygen atoms in total. The van der Waals surface area contributed by atoms with Gasteiger partial charge in [0.05, 0.1) is 0 Å². The van der Waals surface area contributed by atoms with Gasteiger partial charge in [0.2, 0.25) is 0 Å². The minimum atomic E-state index is -0.141. The second-order valence-corrected chi connectivity index (χ2v) is 6.00. The number of anilines is 1. The molecule has 0 saturated carbocycles. The molecule has 0 atom stereocenters. The van der Waals surface area contributed by atoms with Crippen LogP contribution in [0.25, 0.3) is 0 Å². The summed E-state index contributed by atoms with van der Waals surface area (Å²) in [7, 11) is 0. The molecular weight excluding hydrogens is 272 g/mol. The van der Waals surface area contributed by atoms with Gasteiger partial charge in [0.25, 0.3) is 5.91 Å². The fourth-order valence-electron chi connectivity index (χ4n) is 2.01. The summed E-state index contributed by atoms with van der Waals surface area (Å²) < 4.78 is 0. The molecule has 2 rings (SSSR count). The van der Waals surface area contributed by atoms with Gasteiger partial charge in [-0.25, -0.2) is 4.98 Å². The zero-order valence-electron chi connectivity index (χ0n) is 11.8. The molecule has 0 aliphatic heterocycles. The van der Waals surface area contributed by atoms with Gasteiger partial charge in [-0.05, 0) is 29.2 Å². The zero-order chi connectivity index (χ0) is 14.8. The summed E-state index contributed by atoms with van der Waals surface area (Å²) in [5.74, 6) is -0.141. The molecule has 0 radical (unpaired) electrons. The van der Waals surface area contributed by atoms with E-state index in [9.17, 15) is 4.79 Å². The summed E-state index contributed by atoms with van der Waals surface area (Å²) in [4.78, 5) is 16.3. The third-order valence-corrected chi connectivity index (χ3v) is 3.17. The average Bonchev–Trinajstić information content (AvgIpc) is 2.37. The Kier molecular flexibility index (Phi) is 4.09. The average molecular weight is 289 g/mol. The third kappa shape index (κ3) is 3.36. The molecule has 1 aromatic heterocycles. The van der Waals surface area contributed by atoms with Crippen molar-refractivity contribution in [2.75, 3.05) is 5.32 Å². The van der Waals surface area contributed by atoms with E-state index in [0.717, 1.165) is 5.56 Å². The molecular formula is C16H17ClN2O. The largest absolute Gasteiger partial charge is 0.322 e. The number of halogens is 1. The molecule has 1 heterocycles. The lowest BCUT2D eigenvalue weighted by Gasteiger charge is -2.22. The van der Waals surface area contributed by atoms with Crippen molar-refractivity contribution in [3.8, 4) is 0 Å². The minimum Gasteiger partial charge on any atom is -0.322 e. The molecule has 4 heteroatoms. The van der Waals surface area contributed by atoms with Crippen molar-refractivity contribution in [2.24, 2.45) is 0 Å². The Morgan fingerprint density at radius 3 is 2.55 bits per heavy atom. The van der Waals surface area contributed by atoms with E-state index in [1.807, 2.05) is 24.3 Å². The van der Waals surface area contributed by atoms with Crippen molar-refractivity contribution < 1.29 is 4.79 Å². The summed E-state index contributed by atoms with van der Waals surface area (Å²) in [6.07, 6.45) is 1.56. The van der Waals surface area contributed by atoms with Crippen LogP contribution in [-0.2, 0) is 5.41 Å². The minimum absolute atomic E-state index is 0.0934. The number of nitrogens with one attached hydrogen (secondary N) is 1. The number of hydrogen-bond donors (Lipinski definition) is 1. The Balaban J connectivity index is 2.31. The van der Waals surface area contributed by atoms with Crippen LogP contribution in [0, 0.1) is 0 Å². The van der Waals surface area contributed by atoms with Gasteiger partial charge >= 0.3 is 0 Å². The molecule has 0 fully saturated rings. The maximum Gasteiger partial charge on any atom is 0.255 e. The van der Waals surface area contributed by atoms with E-state index >= 15 is 0 Å². The fraction of sp³-hybridized carbons (Fsp3) is 0.250. The van der Waals surface area contributed by atoms with E-state index in [0.29, 0.717) is 16.4 Å². The van der Waals surface area contributed by atoms with Gasteiger partial charge in [-0.15, -0.1) is 0 Å². The van der Waals surface area contributed by atoms with Crippen molar-refractivity contribution in [1.29, 1.82) is 0 Å². The molecule has 0 spiro atoms. The van der Waals surface area contributed by atoms with Crippen LogP contribution in [0.5, 0.6) is 0 Å². The molecule has 1 amide bonds. The number of nitrogens with zero attached hydrogens (tertiary/aromatic N) is 1. The van der Waals surface area contributed by atoms with Crippen molar-refractivity contribution in [3.63, 3.8) is 0 Å². The Morgan fingerprint density at radius 2 is 1.90 bits per heavy atom. The molecule has 0 saturated heterocycles. The van der Waals surface area contributed by atoms with E-state index in [1.165, 1.54) is 0 Å². The maximum atomic E-state index is 12.4. The highest BCUT2D eigenvalue weighted by Crippen LogP contribution is 2.26. The molecule has 2 aromatic rings. The predicted octanol–water partition coefficient (Wildman–Crippen LogP) is 4.28. The summed E-state index contributed by atoms with van der Waals surface area (Å²) in [5, 5.41) is 3.20. The monoisotopic (exact) mass is 288 g/mol. The maximum absolute atomic E-state index is 12.4. The molecule has 20 heavy (non-hydrogen) atoms. The first-order valence-electron chi connectivity index (χ1n) is 6.40. The van der Waals surface area contributed by atoms with Gasteiger partial charge in [-0.1, -0.05) is 50.6 Å². The Morgan fingerprint density at radius 1 is 1.20 bits per heavy atom. The second-order valence-electron chi connectivity index (χ2n) is 5.62. The Labute approximate surface area is 124 Å². The predicted molar refractivity (Wildman–Crippen MR) is 82.3 cm³/mol. The van der Waals surface area contributed by atoms with Crippen molar-refractivity contribution >= 4 is 23.2 Å². The van der Waals surface area contributed by atoms with Crippen LogP contribution in [0.4, 0.5) is 5.69 Å². The van der Waals surface area contributed by atoms with Crippen LogP contribution >= 0.6 is 11.6 Å². The van der Waals surface area contributed by atoms with Crippen LogP contribution in [0.15, 0.2) is 42.6 Å². The topological polar surface area (TPSA) is 42.0 Å². The number of rotatable bonds is 2. The molecule has 104 valence electrons. The molecule has 0 aliphatic carbocycles. The number of aromatic nitrogens is 1. The fourth-order valence-corrected chi connectivity index (χ4v) is 2.19. The number of pyridine rings is 1. The van der Waals surface area contributed by atoms with E-state index < -0.39 is 0 Å². The highest BCUT2D eigenvalue weighted by molar-refractivity contribution is 6.29. The van der Waals surface area contributed by atoms with E-state index in [4.69, 9.17) is 11.6 Å². The quantitative estimate of drug-likeness (QED) is 0.838. The van der Waals surface area contributed by atoms with E-state index in [1.54, 1.807) is 18.3 Å². The lowest BCUT2D eigenvalue weighted by atomic mass is 9.83. The summed E-state index contributed by atoms with van der Waals surface area (Å²) in [6.45, 7) is 6.26. The number of benzene rings is 1. The first-order chi connectivity index (χ1) is 9.38. The van der Waals surface area contributed by atoms with Crippen molar-refractivity contribution in [1.82, 2.24) is 4.98 Å². The first-order valence-corrected chi connectivity index (χ1v) is 6.78. The molecule has 0 unspecified atom stereocenters. The Bertz CT molecular complexity index is 632. The van der Waals surface area contributed by atoms with Gasteiger partial charge in [0.1, 0.15) is 5.15 Å². The SMILES string of the molecule is CC(C)(C)c1ccccc1C(=O)Nc1ccnc(Cl)c1. The zero-order valence-corrected chi connectivity index (χ0v) is 12.5. The first kappa shape index (κ1) is 14.5. The van der Waals surface area contributed by atoms with Crippen molar-refractivity contribution in [3.05, 3.63) is 58.9 Å². The van der Waals surface area contributed by atoms with Crippen LogP contribution in [-0.4, -0.2) is 10.9 Å². The number of carbonyl (C=O) groups is 1. The van der Waals surface area contributed by atoms with E-state index in [2.05, 4.69) is 31.1 Å². The highest BCUT2D eigenvalue weighted by atomic mass is 35.5. The number of amides is 1. The van der Waals surface area contributed by atoms with Crippen molar-refractivity contribution in [2.45, 2.75) is 26.2 Å². The Hall–Kier alpha value is -1.87. The van der Waals surface area contributed by atoms with Gasteiger partial charge in [0, 0.05) is 17.4 Å². The second kappa shape index (κ2) is 5.63. The van der Waals surface area contributed by atoms with Crippen LogP contribution in [0.3, 0.4) is 0 Å². The standard InChI is InChI=1S/C16H17ClN2O/c1-16(2,3)13-7-5-4-6-12(13)15(20)19-11-8-9-18-14(17)10-11/h4-10H,1-3H3,(H,18,19,20). The van der Waals surface area contributed by atoms with Gasteiger partial charge in [-0.2, -0.15) is 0 Å². The van der Waals surface area contributed by atoms with Crippen LogP contribution in [0.1, 0.15) is 36.7 Å². The summed E-state index contributed by atoms with van der Waals surface area (Å²) in [5.41, 5.74) is 2.23. The summed E-state index contributed by atoms with van der Waals surface area (Å²) >= 11 is 5.82. The third-order valence-electron chi connectivity index (χ3n) is 2.96. The molecule has 0 aliphatic rings. The van der Waals surface area contributed by atoms with Gasteiger partial charge < -0.3 is 5.32 Å². The molecule has 1 aromatic carbocycles. The van der Waals surface area contributed by atoms with Gasteiger partial charge in [0.15, 0.2) is 0 Å². The number of carbonyl (C=O) groups excluding carboxylic acids is 1. The molecule has 0 bridgehead atoms. The lowest BCUT2D eigenvalue weighted by Crippen LogP contribution is -2.20. The summed E-state index contributed by atoms with van der Waals surface area (Å²) in [6, 6.07) is 11.0. The smallest absolute Gasteiger partial charge is 0.255 e.